The number of hydrogen-bond acceptors (Lipinski definition) is 3. The van der Waals surface area contributed by atoms with Crippen LogP contribution in [0.2, 0.25) is 0 Å². The summed E-state index contributed by atoms with van der Waals surface area (Å²) in [5, 5.41) is 0. The number of carbonyl (C=O) groups excluding carboxylic acids is 1. The van der Waals surface area contributed by atoms with E-state index in [1.807, 2.05) is 60.4 Å². The SMILES string of the molecule is CC[C@H](C(=O)N(Cc1ccc(C)cc1)Cc1nc2cc(C)ccc2o1)c1ccccc1. The fourth-order valence-corrected chi connectivity index (χ4v) is 3.90. The van der Waals surface area contributed by atoms with Crippen LogP contribution in [0.25, 0.3) is 11.1 Å². The standard InChI is InChI=1S/C27H28N2O2/c1-4-23(22-8-6-5-7-9-22)27(30)29(17-21-13-10-19(2)11-14-21)18-26-28-24-16-20(3)12-15-25(24)31-26/h5-16,23H,4,17-18H2,1-3H3/t23-/m0/s1. The van der Waals surface area contributed by atoms with Gasteiger partial charge in [0, 0.05) is 6.54 Å². The molecule has 0 fully saturated rings. The second-order valence-electron chi connectivity index (χ2n) is 8.13. The van der Waals surface area contributed by atoms with Crippen LogP contribution in [0, 0.1) is 13.8 Å². The summed E-state index contributed by atoms with van der Waals surface area (Å²) in [6.07, 6.45) is 0.736. The number of amides is 1. The van der Waals surface area contributed by atoms with Crippen LogP contribution in [0.15, 0.2) is 77.2 Å². The van der Waals surface area contributed by atoms with Gasteiger partial charge in [-0.25, -0.2) is 4.98 Å². The van der Waals surface area contributed by atoms with Crippen molar-refractivity contribution in [3.63, 3.8) is 0 Å². The van der Waals surface area contributed by atoms with Crippen LogP contribution in [-0.4, -0.2) is 15.8 Å². The molecule has 0 aliphatic rings. The second-order valence-corrected chi connectivity index (χ2v) is 8.13. The summed E-state index contributed by atoms with van der Waals surface area (Å²) in [4.78, 5) is 20.2. The van der Waals surface area contributed by atoms with Gasteiger partial charge in [0.25, 0.3) is 0 Å². The first kappa shape index (κ1) is 20.9. The van der Waals surface area contributed by atoms with Crippen LogP contribution in [0.5, 0.6) is 0 Å². The predicted octanol–water partition coefficient (Wildman–Crippen LogP) is 6.17. The highest BCUT2D eigenvalue weighted by Crippen LogP contribution is 2.25. The number of fused-ring (bicyclic) bond motifs is 1. The Bertz CT molecular complexity index is 1160. The molecule has 0 saturated heterocycles. The van der Waals surface area contributed by atoms with Crippen LogP contribution in [0.1, 0.15) is 47.4 Å². The van der Waals surface area contributed by atoms with Gasteiger partial charge in [0.15, 0.2) is 5.58 Å². The van der Waals surface area contributed by atoms with Gasteiger partial charge in [-0.15, -0.1) is 0 Å². The van der Waals surface area contributed by atoms with Gasteiger partial charge in [0.2, 0.25) is 11.8 Å². The number of benzene rings is 3. The number of carbonyl (C=O) groups is 1. The molecule has 1 amide bonds. The molecule has 0 bridgehead atoms. The highest BCUT2D eigenvalue weighted by molar-refractivity contribution is 5.83. The van der Waals surface area contributed by atoms with Crippen LogP contribution in [-0.2, 0) is 17.9 Å². The number of aromatic nitrogens is 1. The van der Waals surface area contributed by atoms with Crippen LogP contribution < -0.4 is 0 Å². The Morgan fingerprint density at radius 2 is 1.65 bits per heavy atom. The average molecular weight is 413 g/mol. The molecule has 31 heavy (non-hydrogen) atoms. The Labute approximate surface area is 183 Å². The molecule has 4 nitrogen and oxygen atoms in total. The Morgan fingerprint density at radius 3 is 2.35 bits per heavy atom. The van der Waals surface area contributed by atoms with Crippen molar-refractivity contribution in [1.82, 2.24) is 9.88 Å². The summed E-state index contributed by atoms with van der Waals surface area (Å²) >= 11 is 0. The van der Waals surface area contributed by atoms with Gasteiger partial charge in [-0.2, -0.15) is 0 Å². The van der Waals surface area contributed by atoms with Crippen molar-refractivity contribution >= 4 is 17.0 Å². The van der Waals surface area contributed by atoms with Crippen molar-refractivity contribution in [1.29, 1.82) is 0 Å². The summed E-state index contributed by atoms with van der Waals surface area (Å²) < 4.78 is 5.97. The van der Waals surface area contributed by atoms with E-state index in [4.69, 9.17) is 4.42 Å². The van der Waals surface area contributed by atoms with Crippen LogP contribution >= 0.6 is 0 Å². The highest BCUT2D eigenvalue weighted by atomic mass is 16.3. The molecule has 3 aromatic carbocycles. The molecule has 0 spiro atoms. The van der Waals surface area contributed by atoms with E-state index in [1.165, 1.54) is 5.56 Å². The van der Waals surface area contributed by atoms with Crippen LogP contribution in [0.3, 0.4) is 0 Å². The normalized spacial score (nSPS) is 12.1. The lowest BCUT2D eigenvalue weighted by molar-refractivity contribution is -0.134. The monoisotopic (exact) mass is 412 g/mol. The van der Waals surface area contributed by atoms with E-state index in [9.17, 15) is 4.79 Å². The molecule has 158 valence electrons. The molecule has 0 N–H and O–H groups in total. The number of hydrogen-bond donors (Lipinski definition) is 0. The minimum absolute atomic E-state index is 0.0905. The zero-order chi connectivity index (χ0) is 21.8. The first-order valence-corrected chi connectivity index (χ1v) is 10.8. The lowest BCUT2D eigenvalue weighted by atomic mass is 9.94. The molecule has 0 aliphatic heterocycles. The third-order valence-electron chi connectivity index (χ3n) is 5.63. The van der Waals surface area contributed by atoms with Gasteiger partial charge in [-0.05, 0) is 49.1 Å². The summed E-state index contributed by atoms with van der Waals surface area (Å²) in [6, 6.07) is 24.3. The van der Waals surface area contributed by atoms with Gasteiger partial charge in [-0.1, -0.05) is 73.2 Å². The van der Waals surface area contributed by atoms with E-state index in [-0.39, 0.29) is 11.8 Å². The summed E-state index contributed by atoms with van der Waals surface area (Å²) in [5.41, 5.74) is 6.04. The van der Waals surface area contributed by atoms with E-state index in [0.717, 1.165) is 34.2 Å². The van der Waals surface area contributed by atoms with E-state index < -0.39 is 0 Å². The smallest absolute Gasteiger partial charge is 0.230 e. The van der Waals surface area contributed by atoms with Crippen LogP contribution in [0.4, 0.5) is 0 Å². The number of oxazole rings is 1. The minimum atomic E-state index is -0.196. The maximum Gasteiger partial charge on any atom is 0.230 e. The van der Waals surface area contributed by atoms with Crippen molar-refractivity contribution in [2.75, 3.05) is 0 Å². The Kier molecular flexibility index (Phi) is 6.17. The van der Waals surface area contributed by atoms with Crippen molar-refractivity contribution in [2.24, 2.45) is 0 Å². The fraction of sp³-hybridized carbons (Fsp3) is 0.259. The van der Waals surface area contributed by atoms with E-state index in [1.54, 1.807) is 0 Å². The molecule has 4 aromatic rings. The van der Waals surface area contributed by atoms with Crippen molar-refractivity contribution in [2.45, 2.75) is 46.2 Å². The van der Waals surface area contributed by atoms with Gasteiger partial charge in [0.05, 0.1) is 12.5 Å². The first-order chi connectivity index (χ1) is 15.0. The minimum Gasteiger partial charge on any atom is -0.439 e. The summed E-state index contributed by atoms with van der Waals surface area (Å²) in [7, 11) is 0. The molecule has 4 rings (SSSR count). The maximum absolute atomic E-state index is 13.7. The Morgan fingerprint density at radius 1 is 0.935 bits per heavy atom. The molecule has 1 heterocycles. The second kappa shape index (κ2) is 9.17. The third-order valence-corrected chi connectivity index (χ3v) is 5.63. The lowest BCUT2D eigenvalue weighted by Gasteiger charge is -2.26. The Hall–Kier alpha value is -3.40. The van der Waals surface area contributed by atoms with Crippen molar-refractivity contribution < 1.29 is 9.21 Å². The molecule has 0 aliphatic carbocycles. The van der Waals surface area contributed by atoms with E-state index >= 15 is 0 Å². The fourth-order valence-electron chi connectivity index (χ4n) is 3.90. The molecule has 0 unspecified atom stereocenters. The van der Waals surface area contributed by atoms with Gasteiger partial charge >= 0.3 is 0 Å². The van der Waals surface area contributed by atoms with Gasteiger partial charge in [0.1, 0.15) is 5.52 Å². The number of nitrogens with zero attached hydrogens (tertiary/aromatic N) is 2. The van der Waals surface area contributed by atoms with Crippen molar-refractivity contribution in [3.8, 4) is 0 Å². The predicted molar refractivity (Wildman–Crippen MR) is 124 cm³/mol. The van der Waals surface area contributed by atoms with Gasteiger partial charge < -0.3 is 9.32 Å². The topological polar surface area (TPSA) is 46.3 Å². The average Bonchev–Trinajstić information content (AvgIpc) is 3.17. The molecular formula is C27H28N2O2. The Balaban J connectivity index is 1.65. The van der Waals surface area contributed by atoms with Gasteiger partial charge in [-0.3, -0.25) is 4.79 Å². The summed E-state index contributed by atoms with van der Waals surface area (Å²) in [6.45, 7) is 7.01. The lowest BCUT2D eigenvalue weighted by Crippen LogP contribution is -2.34. The molecule has 4 heteroatoms. The quantitative estimate of drug-likeness (QED) is 0.365. The van der Waals surface area contributed by atoms with E-state index in [2.05, 4.69) is 43.1 Å². The summed E-state index contributed by atoms with van der Waals surface area (Å²) in [5.74, 6) is 0.454. The van der Waals surface area contributed by atoms with Crippen molar-refractivity contribution in [3.05, 3.63) is 101 Å². The largest absolute Gasteiger partial charge is 0.439 e. The zero-order valence-corrected chi connectivity index (χ0v) is 18.3. The molecule has 0 radical (unpaired) electrons. The molecule has 0 saturated carbocycles. The maximum atomic E-state index is 13.7. The zero-order valence-electron chi connectivity index (χ0n) is 18.3. The highest BCUT2D eigenvalue weighted by Gasteiger charge is 2.26. The molecular weight excluding hydrogens is 384 g/mol. The molecule has 1 atom stereocenters. The molecule has 1 aromatic heterocycles. The number of aryl methyl sites for hydroxylation is 2. The number of rotatable bonds is 7. The third kappa shape index (κ3) is 4.85. The van der Waals surface area contributed by atoms with E-state index in [0.29, 0.717) is 19.0 Å². The first-order valence-electron chi connectivity index (χ1n) is 10.8.